The van der Waals surface area contributed by atoms with E-state index in [1.807, 2.05) is 0 Å². The topological polar surface area (TPSA) is 33.3 Å². The van der Waals surface area contributed by atoms with Crippen molar-refractivity contribution in [2.45, 2.75) is 19.8 Å². The van der Waals surface area contributed by atoms with Gasteiger partial charge in [0.25, 0.3) is 0 Å². The normalized spacial score (nSPS) is 9.50. The third-order valence-corrected chi connectivity index (χ3v) is 1.64. The average Bonchev–Trinajstić information content (AvgIpc) is 2.09. The average molecular weight is 190 g/mol. The lowest BCUT2D eigenvalue weighted by molar-refractivity contribution is 0.195. The second-order valence-electron chi connectivity index (χ2n) is 2.53. The Bertz CT molecular complexity index is 120. The van der Waals surface area contributed by atoms with E-state index in [0.717, 1.165) is 37.7 Å². The van der Waals surface area contributed by atoms with E-state index in [2.05, 4.69) is 17.6 Å². The van der Waals surface area contributed by atoms with Crippen LogP contribution in [0.5, 0.6) is 0 Å². The summed E-state index contributed by atoms with van der Waals surface area (Å²) in [6, 6.07) is 0. The van der Waals surface area contributed by atoms with Crippen LogP contribution in [0.4, 0.5) is 0 Å². The Hall–Kier alpha value is -0.350. The van der Waals surface area contributed by atoms with Crippen LogP contribution in [0.3, 0.4) is 0 Å². The van der Waals surface area contributed by atoms with Gasteiger partial charge in [-0.25, -0.2) is 0 Å². The third-order valence-electron chi connectivity index (χ3n) is 1.35. The van der Waals surface area contributed by atoms with Gasteiger partial charge in [-0.2, -0.15) is 0 Å². The van der Waals surface area contributed by atoms with Gasteiger partial charge in [0.1, 0.15) is 0 Å². The van der Waals surface area contributed by atoms with Gasteiger partial charge in [-0.05, 0) is 25.1 Å². The van der Waals surface area contributed by atoms with E-state index < -0.39 is 0 Å². The Morgan fingerprint density at radius 3 is 2.58 bits per heavy atom. The third kappa shape index (κ3) is 7.75. The van der Waals surface area contributed by atoms with Crippen molar-refractivity contribution in [1.82, 2.24) is 10.6 Å². The molecule has 0 aromatic heterocycles. The van der Waals surface area contributed by atoms with Crippen LogP contribution in [0.15, 0.2) is 0 Å². The number of hydrogen-bond acceptors (Lipinski definition) is 2. The van der Waals surface area contributed by atoms with Crippen LogP contribution in [-0.4, -0.2) is 31.9 Å². The highest BCUT2D eigenvalue weighted by atomic mass is 32.1. The number of ether oxygens (including phenoxy) is 1. The number of hydrogen-bond donors (Lipinski definition) is 2. The molecule has 0 saturated carbocycles. The number of rotatable bonds is 6. The quantitative estimate of drug-likeness (QED) is 0.481. The van der Waals surface area contributed by atoms with Gasteiger partial charge in [-0.3, -0.25) is 0 Å². The minimum Gasteiger partial charge on any atom is -0.385 e. The van der Waals surface area contributed by atoms with Crippen molar-refractivity contribution < 1.29 is 4.74 Å². The first-order chi connectivity index (χ1) is 5.81. The van der Waals surface area contributed by atoms with E-state index in [1.165, 1.54) is 0 Å². The van der Waals surface area contributed by atoms with Crippen molar-refractivity contribution in [3.63, 3.8) is 0 Å². The molecule has 3 nitrogen and oxygen atoms in total. The summed E-state index contributed by atoms with van der Waals surface area (Å²) < 4.78 is 4.90. The van der Waals surface area contributed by atoms with Crippen molar-refractivity contribution in [2.24, 2.45) is 0 Å². The van der Waals surface area contributed by atoms with Gasteiger partial charge in [-0.15, -0.1) is 0 Å². The van der Waals surface area contributed by atoms with Crippen LogP contribution in [0.2, 0.25) is 0 Å². The first-order valence-corrected chi connectivity index (χ1v) is 4.72. The van der Waals surface area contributed by atoms with E-state index in [9.17, 15) is 0 Å². The molecular weight excluding hydrogens is 172 g/mol. The van der Waals surface area contributed by atoms with Gasteiger partial charge in [0.05, 0.1) is 0 Å². The molecule has 0 bridgehead atoms. The maximum absolute atomic E-state index is 5.01. The minimum absolute atomic E-state index is 0.743. The predicted octanol–water partition coefficient (Wildman–Crippen LogP) is 0.897. The second-order valence-corrected chi connectivity index (χ2v) is 2.94. The van der Waals surface area contributed by atoms with Crippen molar-refractivity contribution in [1.29, 1.82) is 0 Å². The van der Waals surface area contributed by atoms with Crippen LogP contribution in [-0.2, 0) is 4.74 Å². The van der Waals surface area contributed by atoms with Crippen molar-refractivity contribution in [2.75, 3.05) is 26.8 Å². The largest absolute Gasteiger partial charge is 0.385 e. The molecule has 0 spiro atoms. The molecule has 0 amide bonds. The molecule has 0 radical (unpaired) electrons. The summed E-state index contributed by atoms with van der Waals surface area (Å²) in [5.74, 6) is 0. The number of nitrogens with one attached hydrogen (secondary N) is 2. The zero-order chi connectivity index (χ0) is 9.23. The number of thiocarbonyl (C=S) groups is 1. The van der Waals surface area contributed by atoms with Gasteiger partial charge in [0.15, 0.2) is 5.11 Å². The van der Waals surface area contributed by atoms with Crippen molar-refractivity contribution in [3.05, 3.63) is 0 Å². The van der Waals surface area contributed by atoms with E-state index in [4.69, 9.17) is 17.0 Å². The molecule has 0 atom stereocenters. The van der Waals surface area contributed by atoms with Gasteiger partial charge in [0, 0.05) is 26.8 Å². The summed E-state index contributed by atoms with van der Waals surface area (Å²) in [4.78, 5) is 0. The van der Waals surface area contributed by atoms with Crippen LogP contribution in [0.25, 0.3) is 0 Å². The summed E-state index contributed by atoms with van der Waals surface area (Å²) >= 11 is 5.01. The van der Waals surface area contributed by atoms with Gasteiger partial charge in [-0.1, -0.05) is 6.92 Å². The standard InChI is InChI=1S/C8H18N2OS/c1-3-5-9-8(12)10-6-4-7-11-2/h3-7H2,1-2H3,(H2,9,10,12). The van der Waals surface area contributed by atoms with E-state index in [-0.39, 0.29) is 0 Å². The monoisotopic (exact) mass is 190 g/mol. The van der Waals surface area contributed by atoms with Crippen LogP contribution in [0, 0.1) is 0 Å². The Balaban J connectivity index is 3.08. The summed E-state index contributed by atoms with van der Waals surface area (Å²) in [7, 11) is 1.70. The van der Waals surface area contributed by atoms with E-state index >= 15 is 0 Å². The molecule has 0 unspecified atom stereocenters. The molecule has 0 aliphatic heterocycles. The molecule has 0 aromatic carbocycles. The molecule has 72 valence electrons. The Kier molecular flexibility index (Phi) is 8.49. The fourth-order valence-corrected chi connectivity index (χ4v) is 0.924. The van der Waals surface area contributed by atoms with Crippen LogP contribution < -0.4 is 10.6 Å². The lowest BCUT2D eigenvalue weighted by Crippen LogP contribution is -2.36. The molecule has 0 heterocycles. The van der Waals surface area contributed by atoms with Crippen LogP contribution in [0.1, 0.15) is 19.8 Å². The van der Waals surface area contributed by atoms with Crippen molar-refractivity contribution in [3.8, 4) is 0 Å². The molecule has 0 aromatic rings. The summed E-state index contributed by atoms with van der Waals surface area (Å²) in [6.07, 6.45) is 2.09. The molecule has 0 aliphatic carbocycles. The van der Waals surface area contributed by atoms with Gasteiger partial charge in [0.2, 0.25) is 0 Å². The van der Waals surface area contributed by atoms with Gasteiger partial charge < -0.3 is 15.4 Å². The Morgan fingerprint density at radius 1 is 1.33 bits per heavy atom. The Morgan fingerprint density at radius 2 is 2.00 bits per heavy atom. The molecule has 12 heavy (non-hydrogen) atoms. The maximum atomic E-state index is 5.01. The maximum Gasteiger partial charge on any atom is 0.166 e. The Labute approximate surface area is 79.9 Å². The zero-order valence-electron chi connectivity index (χ0n) is 7.85. The fraction of sp³-hybridized carbons (Fsp3) is 0.875. The molecule has 4 heteroatoms. The van der Waals surface area contributed by atoms with E-state index in [0.29, 0.717) is 0 Å². The second kappa shape index (κ2) is 8.74. The smallest absolute Gasteiger partial charge is 0.166 e. The number of methoxy groups -OCH3 is 1. The molecule has 2 N–H and O–H groups in total. The highest BCUT2D eigenvalue weighted by Gasteiger charge is 1.91. The van der Waals surface area contributed by atoms with Gasteiger partial charge >= 0.3 is 0 Å². The van der Waals surface area contributed by atoms with E-state index in [1.54, 1.807) is 7.11 Å². The molecule has 0 saturated heterocycles. The zero-order valence-corrected chi connectivity index (χ0v) is 8.67. The molecule has 0 aliphatic rings. The summed E-state index contributed by atoms with van der Waals surface area (Å²) in [5, 5.41) is 6.92. The van der Waals surface area contributed by atoms with Crippen molar-refractivity contribution >= 4 is 17.3 Å². The predicted molar refractivity (Wildman–Crippen MR) is 55.4 cm³/mol. The molecule has 0 rings (SSSR count). The lowest BCUT2D eigenvalue weighted by Gasteiger charge is -2.08. The summed E-state index contributed by atoms with van der Waals surface area (Å²) in [6.45, 7) is 4.71. The fourth-order valence-electron chi connectivity index (χ4n) is 0.719. The minimum atomic E-state index is 0.743. The highest BCUT2D eigenvalue weighted by Crippen LogP contribution is 1.78. The SMILES string of the molecule is CCCNC(=S)NCCCOC. The highest BCUT2D eigenvalue weighted by molar-refractivity contribution is 7.80. The first kappa shape index (κ1) is 11.6. The lowest BCUT2D eigenvalue weighted by atomic mass is 10.4. The molecule has 0 fully saturated rings. The van der Waals surface area contributed by atoms with Crippen LogP contribution >= 0.6 is 12.2 Å². The molecular formula is C8H18N2OS. The summed E-state index contributed by atoms with van der Waals surface area (Å²) in [5.41, 5.74) is 0. The first-order valence-electron chi connectivity index (χ1n) is 4.32.